The lowest BCUT2D eigenvalue weighted by molar-refractivity contribution is -0.148. The fourth-order valence-corrected chi connectivity index (χ4v) is 5.49. The number of carboxylic acids is 1. The molecule has 1 unspecified atom stereocenters. The van der Waals surface area contributed by atoms with Gasteiger partial charge in [-0.25, -0.2) is 9.59 Å². The van der Waals surface area contributed by atoms with Gasteiger partial charge in [0.15, 0.2) is 0 Å². The molecule has 35 heavy (non-hydrogen) atoms. The van der Waals surface area contributed by atoms with E-state index in [9.17, 15) is 19.5 Å². The van der Waals surface area contributed by atoms with E-state index in [4.69, 9.17) is 4.74 Å². The standard InChI is InChI=1S/C28H34N2O5/c1-3-15-27(2,25(32)33)29-24(31)28(16-9-4-10-17-28)30-26(34)35-18-23-21-13-7-5-11-19(21)20-12-6-8-14-22(20)23/h5-8,11-14,23H,3-4,9-10,15-18H2,1-2H3,(H,29,31)(H,30,34)(H,32,33). The van der Waals surface area contributed by atoms with E-state index in [2.05, 4.69) is 34.9 Å². The normalized spacial score (nSPS) is 18.0. The molecule has 2 aromatic rings. The first-order chi connectivity index (χ1) is 16.8. The lowest BCUT2D eigenvalue weighted by Crippen LogP contribution is -2.65. The Morgan fingerprint density at radius 2 is 1.57 bits per heavy atom. The number of carbonyl (C=O) groups is 3. The number of carboxylic acid groups (broad SMARTS) is 1. The molecule has 0 bridgehead atoms. The Balaban J connectivity index is 1.48. The van der Waals surface area contributed by atoms with Crippen molar-refractivity contribution in [2.24, 2.45) is 0 Å². The van der Waals surface area contributed by atoms with Gasteiger partial charge in [-0.05, 0) is 48.4 Å². The number of aliphatic carboxylic acids is 1. The fraction of sp³-hybridized carbons (Fsp3) is 0.464. The first-order valence-electron chi connectivity index (χ1n) is 12.5. The van der Waals surface area contributed by atoms with Gasteiger partial charge in [0.05, 0.1) is 0 Å². The van der Waals surface area contributed by atoms with Crippen LogP contribution in [0.25, 0.3) is 11.1 Å². The van der Waals surface area contributed by atoms with E-state index in [0.717, 1.165) is 41.5 Å². The average Bonchev–Trinajstić information content (AvgIpc) is 3.17. The number of rotatable bonds is 8. The molecule has 2 amide bonds. The number of benzene rings is 2. The third-order valence-electron chi connectivity index (χ3n) is 7.44. The average molecular weight is 479 g/mol. The Hall–Kier alpha value is -3.35. The lowest BCUT2D eigenvalue weighted by Gasteiger charge is -2.39. The molecule has 1 saturated carbocycles. The summed E-state index contributed by atoms with van der Waals surface area (Å²) in [5.41, 5.74) is 1.95. The molecule has 1 fully saturated rings. The summed E-state index contributed by atoms with van der Waals surface area (Å²) in [5.74, 6) is -1.62. The third-order valence-corrected chi connectivity index (χ3v) is 7.44. The summed E-state index contributed by atoms with van der Waals surface area (Å²) in [5, 5.41) is 15.3. The highest BCUT2D eigenvalue weighted by Crippen LogP contribution is 2.44. The van der Waals surface area contributed by atoms with Crippen LogP contribution in [-0.2, 0) is 14.3 Å². The van der Waals surface area contributed by atoms with Gasteiger partial charge in [-0.3, -0.25) is 4.79 Å². The van der Waals surface area contributed by atoms with Crippen molar-refractivity contribution >= 4 is 18.0 Å². The fourth-order valence-electron chi connectivity index (χ4n) is 5.49. The zero-order valence-corrected chi connectivity index (χ0v) is 20.4. The molecule has 186 valence electrons. The molecule has 2 aliphatic rings. The minimum absolute atomic E-state index is 0.0795. The number of hydrogen-bond acceptors (Lipinski definition) is 4. The SMILES string of the molecule is CCCC(C)(NC(=O)C1(NC(=O)OCC2c3ccccc3-c3ccccc32)CCCCC1)C(=O)O. The van der Waals surface area contributed by atoms with Gasteiger partial charge in [0.25, 0.3) is 0 Å². The minimum atomic E-state index is -1.39. The first kappa shape index (κ1) is 24.8. The lowest BCUT2D eigenvalue weighted by atomic mass is 9.80. The molecule has 0 heterocycles. The quantitative estimate of drug-likeness (QED) is 0.496. The zero-order chi connectivity index (χ0) is 25.1. The Morgan fingerprint density at radius 3 is 2.11 bits per heavy atom. The molecule has 0 radical (unpaired) electrons. The number of alkyl carbamates (subject to hydrolysis) is 1. The predicted molar refractivity (Wildman–Crippen MR) is 133 cm³/mol. The molecule has 3 N–H and O–H groups in total. The first-order valence-corrected chi connectivity index (χ1v) is 12.5. The van der Waals surface area contributed by atoms with Crippen LogP contribution < -0.4 is 10.6 Å². The summed E-state index contributed by atoms with van der Waals surface area (Å²) in [4.78, 5) is 38.3. The van der Waals surface area contributed by atoms with E-state index in [0.29, 0.717) is 25.7 Å². The highest BCUT2D eigenvalue weighted by atomic mass is 16.5. The van der Waals surface area contributed by atoms with Crippen molar-refractivity contribution in [2.45, 2.75) is 75.8 Å². The van der Waals surface area contributed by atoms with Crippen LogP contribution in [0.1, 0.15) is 75.8 Å². The predicted octanol–water partition coefficient (Wildman–Crippen LogP) is 4.99. The highest BCUT2D eigenvalue weighted by Gasteiger charge is 2.45. The summed E-state index contributed by atoms with van der Waals surface area (Å²) >= 11 is 0. The molecule has 0 aromatic heterocycles. The molecule has 4 rings (SSSR count). The van der Waals surface area contributed by atoms with Gasteiger partial charge in [-0.2, -0.15) is 0 Å². The molecular weight excluding hydrogens is 444 g/mol. The second-order valence-corrected chi connectivity index (χ2v) is 9.93. The van der Waals surface area contributed by atoms with Gasteiger partial charge in [0, 0.05) is 5.92 Å². The maximum absolute atomic E-state index is 13.4. The van der Waals surface area contributed by atoms with Crippen molar-refractivity contribution in [2.75, 3.05) is 6.61 Å². The number of fused-ring (bicyclic) bond motifs is 3. The van der Waals surface area contributed by atoms with E-state index < -0.39 is 29.0 Å². The molecule has 0 saturated heterocycles. The topological polar surface area (TPSA) is 105 Å². The molecule has 0 aliphatic heterocycles. The maximum atomic E-state index is 13.4. The minimum Gasteiger partial charge on any atom is -0.480 e. The number of hydrogen-bond donors (Lipinski definition) is 3. The van der Waals surface area contributed by atoms with Crippen LogP contribution in [-0.4, -0.2) is 40.8 Å². The molecule has 1 atom stereocenters. The van der Waals surface area contributed by atoms with E-state index in [1.54, 1.807) is 0 Å². The summed E-state index contributed by atoms with van der Waals surface area (Å²) in [6, 6.07) is 16.2. The van der Waals surface area contributed by atoms with Gasteiger partial charge >= 0.3 is 12.1 Å². The number of nitrogens with one attached hydrogen (secondary N) is 2. The molecular formula is C28H34N2O5. The van der Waals surface area contributed by atoms with Crippen molar-refractivity contribution in [1.82, 2.24) is 10.6 Å². The zero-order valence-electron chi connectivity index (χ0n) is 20.4. The number of amides is 2. The summed E-state index contributed by atoms with van der Waals surface area (Å²) in [6.07, 6.45) is 3.66. The van der Waals surface area contributed by atoms with Crippen LogP contribution in [0.4, 0.5) is 4.79 Å². The van der Waals surface area contributed by atoms with E-state index in [1.165, 1.54) is 6.92 Å². The van der Waals surface area contributed by atoms with E-state index in [-0.39, 0.29) is 12.5 Å². The van der Waals surface area contributed by atoms with Gasteiger partial charge in [-0.1, -0.05) is 81.1 Å². The molecule has 2 aliphatic carbocycles. The number of carbonyl (C=O) groups excluding carboxylic acids is 2. The van der Waals surface area contributed by atoms with Crippen molar-refractivity contribution in [3.63, 3.8) is 0 Å². The van der Waals surface area contributed by atoms with Gasteiger partial charge in [-0.15, -0.1) is 0 Å². The second kappa shape index (κ2) is 10.1. The monoisotopic (exact) mass is 478 g/mol. The summed E-state index contributed by atoms with van der Waals surface area (Å²) < 4.78 is 5.70. The summed E-state index contributed by atoms with van der Waals surface area (Å²) in [6.45, 7) is 3.54. The number of ether oxygens (including phenoxy) is 1. The molecule has 7 heteroatoms. The summed E-state index contributed by atoms with van der Waals surface area (Å²) in [7, 11) is 0. The van der Waals surface area contributed by atoms with Crippen LogP contribution in [0.3, 0.4) is 0 Å². The van der Waals surface area contributed by atoms with Gasteiger partial charge < -0.3 is 20.5 Å². The molecule has 0 spiro atoms. The van der Waals surface area contributed by atoms with Crippen molar-refractivity contribution in [1.29, 1.82) is 0 Å². The third kappa shape index (κ3) is 4.90. The van der Waals surface area contributed by atoms with Crippen LogP contribution in [0.2, 0.25) is 0 Å². The van der Waals surface area contributed by atoms with Crippen molar-refractivity contribution in [3.05, 3.63) is 59.7 Å². The largest absolute Gasteiger partial charge is 0.480 e. The van der Waals surface area contributed by atoms with Crippen LogP contribution in [0.5, 0.6) is 0 Å². The maximum Gasteiger partial charge on any atom is 0.408 e. The Morgan fingerprint density at radius 1 is 1.00 bits per heavy atom. The van der Waals surface area contributed by atoms with E-state index in [1.807, 2.05) is 31.2 Å². The van der Waals surface area contributed by atoms with E-state index >= 15 is 0 Å². The second-order valence-electron chi connectivity index (χ2n) is 9.93. The Kier molecular flexibility index (Phi) is 7.15. The van der Waals surface area contributed by atoms with Crippen LogP contribution in [0, 0.1) is 0 Å². The molecule has 2 aromatic carbocycles. The Labute approximate surface area is 206 Å². The van der Waals surface area contributed by atoms with Crippen LogP contribution >= 0.6 is 0 Å². The smallest absolute Gasteiger partial charge is 0.408 e. The Bertz CT molecular complexity index is 1060. The van der Waals surface area contributed by atoms with Gasteiger partial charge in [0.1, 0.15) is 17.7 Å². The van der Waals surface area contributed by atoms with Crippen LogP contribution in [0.15, 0.2) is 48.5 Å². The van der Waals surface area contributed by atoms with Gasteiger partial charge in [0.2, 0.25) is 5.91 Å². The highest BCUT2D eigenvalue weighted by molar-refractivity contribution is 5.94. The molecule has 7 nitrogen and oxygen atoms in total. The van der Waals surface area contributed by atoms with Crippen molar-refractivity contribution in [3.8, 4) is 11.1 Å². The van der Waals surface area contributed by atoms with Crippen molar-refractivity contribution < 1.29 is 24.2 Å².